The Hall–Kier alpha value is -1.96. The number of unbranched alkanes of at least 4 members (excludes halogenated alkanes) is 1. The van der Waals surface area contributed by atoms with Crippen LogP contribution < -0.4 is 15.4 Å². The highest BCUT2D eigenvalue weighted by atomic mass is 19.3. The number of alkyl halides is 2. The Kier molecular flexibility index (Phi) is 10.5. The van der Waals surface area contributed by atoms with Gasteiger partial charge < -0.3 is 20.1 Å². The SMILES string of the molecule is CCNC(=NCc1c(F)cccc1OC(F)F)NCCCCOCC. The van der Waals surface area contributed by atoms with Crippen molar-refractivity contribution in [3.8, 4) is 5.75 Å². The number of hydrogen-bond acceptors (Lipinski definition) is 3. The zero-order chi connectivity index (χ0) is 18.5. The first kappa shape index (κ1) is 21.1. The maximum Gasteiger partial charge on any atom is 0.387 e. The lowest BCUT2D eigenvalue weighted by molar-refractivity contribution is -0.0506. The third-order valence-corrected chi connectivity index (χ3v) is 3.24. The molecule has 0 amide bonds. The molecule has 0 radical (unpaired) electrons. The van der Waals surface area contributed by atoms with Crippen LogP contribution in [0.25, 0.3) is 0 Å². The molecule has 0 aliphatic carbocycles. The van der Waals surface area contributed by atoms with Gasteiger partial charge in [-0.3, -0.25) is 0 Å². The van der Waals surface area contributed by atoms with E-state index in [2.05, 4.69) is 20.4 Å². The van der Waals surface area contributed by atoms with Crippen LogP contribution in [0.3, 0.4) is 0 Å². The lowest BCUT2D eigenvalue weighted by Crippen LogP contribution is -2.37. The third kappa shape index (κ3) is 8.62. The second-order valence-electron chi connectivity index (χ2n) is 5.12. The normalized spacial score (nSPS) is 11.7. The van der Waals surface area contributed by atoms with Crippen LogP contribution in [-0.4, -0.2) is 38.9 Å². The maximum absolute atomic E-state index is 13.9. The Morgan fingerprint density at radius 3 is 2.68 bits per heavy atom. The van der Waals surface area contributed by atoms with E-state index in [9.17, 15) is 13.2 Å². The Balaban J connectivity index is 2.64. The molecule has 0 heterocycles. The average molecular weight is 361 g/mol. The molecular formula is C17H26F3N3O2. The molecule has 1 rings (SSSR count). The minimum absolute atomic E-state index is 0.00338. The molecule has 25 heavy (non-hydrogen) atoms. The van der Waals surface area contributed by atoms with Crippen LogP contribution in [0, 0.1) is 5.82 Å². The Bertz CT molecular complexity index is 528. The molecule has 0 bridgehead atoms. The quantitative estimate of drug-likeness (QED) is 0.361. The lowest BCUT2D eigenvalue weighted by atomic mass is 10.2. The van der Waals surface area contributed by atoms with Crippen molar-refractivity contribution in [3.63, 3.8) is 0 Å². The molecule has 0 aliphatic rings. The smallest absolute Gasteiger partial charge is 0.387 e. The summed E-state index contributed by atoms with van der Waals surface area (Å²) in [4.78, 5) is 4.24. The molecule has 0 unspecified atom stereocenters. The topological polar surface area (TPSA) is 54.9 Å². The van der Waals surface area contributed by atoms with Gasteiger partial charge in [-0.1, -0.05) is 6.07 Å². The summed E-state index contributed by atoms with van der Waals surface area (Å²) < 4.78 is 48.4. The van der Waals surface area contributed by atoms with Gasteiger partial charge in [-0.15, -0.1) is 0 Å². The van der Waals surface area contributed by atoms with E-state index < -0.39 is 12.4 Å². The van der Waals surface area contributed by atoms with Crippen molar-refractivity contribution in [2.45, 2.75) is 39.8 Å². The summed E-state index contributed by atoms with van der Waals surface area (Å²) in [6, 6.07) is 3.81. The second kappa shape index (κ2) is 12.4. The van der Waals surface area contributed by atoms with Crippen molar-refractivity contribution < 1.29 is 22.6 Å². The largest absolute Gasteiger partial charge is 0.434 e. The van der Waals surface area contributed by atoms with E-state index in [4.69, 9.17) is 4.74 Å². The highest BCUT2D eigenvalue weighted by molar-refractivity contribution is 5.79. The fourth-order valence-electron chi connectivity index (χ4n) is 2.08. The molecule has 0 saturated carbocycles. The molecule has 0 aliphatic heterocycles. The molecule has 0 aromatic heterocycles. The zero-order valence-electron chi connectivity index (χ0n) is 14.7. The van der Waals surface area contributed by atoms with Crippen LogP contribution >= 0.6 is 0 Å². The molecule has 1 aromatic rings. The predicted octanol–water partition coefficient (Wildman–Crippen LogP) is 3.30. The molecule has 0 saturated heterocycles. The summed E-state index contributed by atoms with van der Waals surface area (Å²) in [5.41, 5.74) is -0.00338. The number of ether oxygens (including phenoxy) is 2. The van der Waals surface area contributed by atoms with Crippen LogP contribution in [0.1, 0.15) is 32.3 Å². The van der Waals surface area contributed by atoms with Gasteiger partial charge in [0.2, 0.25) is 0 Å². The van der Waals surface area contributed by atoms with Crippen LogP contribution in [0.15, 0.2) is 23.2 Å². The molecule has 1 aromatic carbocycles. The highest BCUT2D eigenvalue weighted by Gasteiger charge is 2.13. The van der Waals surface area contributed by atoms with E-state index in [1.54, 1.807) is 0 Å². The first-order chi connectivity index (χ1) is 12.1. The highest BCUT2D eigenvalue weighted by Crippen LogP contribution is 2.24. The fraction of sp³-hybridized carbons (Fsp3) is 0.588. The molecule has 142 valence electrons. The lowest BCUT2D eigenvalue weighted by Gasteiger charge is -2.13. The summed E-state index contributed by atoms with van der Waals surface area (Å²) in [6.07, 6.45) is 1.81. The van der Waals surface area contributed by atoms with Crippen molar-refractivity contribution in [1.82, 2.24) is 10.6 Å². The Labute approximate surface area is 146 Å². The minimum Gasteiger partial charge on any atom is -0.434 e. The molecule has 0 atom stereocenters. The van der Waals surface area contributed by atoms with Gasteiger partial charge in [0.25, 0.3) is 0 Å². The number of benzene rings is 1. The number of nitrogens with one attached hydrogen (secondary N) is 2. The number of nitrogens with zero attached hydrogens (tertiary/aromatic N) is 1. The fourth-order valence-corrected chi connectivity index (χ4v) is 2.08. The van der Waals surface area contributed by atoms with E-state index in [1.165, 1.54) is 18.2 Å². The van der Waals surface area contributed by atoms with Crippen molar-refractivity contribution in [2.75, 3.05) is 26.3 Å². The van der Waals surface area contributed by atoms with Crippen molar-refractivity contribution >= 4 is 5.96 Å². The van der Waals surface area contributed by atoms with Gasteiger partial charge in [-0.05, 0) is 38.8 Å². The summed E-state index contributed by atoms with van der Waals surface area (Å²) in [7, 11) is 0. The number of aliphatic imine (C=N–C) groups is 1. The summed E-state index contributed by atoms with van der Waals surface area (Å²) in [5, 5.41) is 6.15. The third-order valence-electron chi connectivity index (χ3n) is 3.24. The van der Waals surface area contributed by atoms with E-state index in [0.29, 0.717) is 32.3 Å². The Morgan fingerprint density at radius 2 is 2.00 bits per heavy atom. The van der Waals surface area contributed by atoms with Gasteiger partial charge in [0.1, 0.15) is 11.6 Å². The van der Waals surface area contributed by atoms with Crippen LogP contribution in [-0.2, 0) is 11.3 Å². The van der Waals surface area contributed by atoms with Gasteiger partial charge in [-0.25, -0.2) is 9.38 Å². The summed E-state index contributed by atoms with van der Waals surface area (Å²) in [5.74, 6) is -0.342. The van der Waals surface area contributed by atoms with E-state index >= 15 is 0 Å². The van der Waals surface area contributed by atoms with E-state index in [1.807, 2.05) is 13.8 Å². The molecule has 5 nitrogen and oxygen atoms in total. The van der Waals surface area contributed by atoms with Gasteiger partial charge >= 0.3 is 6.61 Å². The molecule has 0 fully saturated rings. The van der Waals surface area contributed by atoms with Gasteiger partial charge in [0, 0.05) is 26.3 Å². The van der Waals surface area contributed by atoms with Crippen molar-refractivity contribution in [1.29, 1.82) is 0 Å². The van der Waals surface area contributed by atoms with Crippen LogP contribution in [0.5, 0.6) is 5.75 Å². The monoisotopic (exact) mass is 361 g/mol. The minimum atomic E-state index is -3.01. The first-order valence-corrected chi connectivity index (χ1v) is 8.40. The van der Waals surface area contributed by atoms with Crippen molar-refractivity contribution in [2.24, 2.45) is 4.99 Å². The van der Waals surface area contributed by atoms with E-state index in [-0.39, 0.29) is 17.9 Å². The number of hydrogen-bond donors (Lipinski definition) is 2. The average Bonchev–Trinajstić information content (AvgIpc) is 2.56. The molecule has 8 heteroatoms. The molecular weight excluding hydrogens is 335 g/mol. The van der Waals surface area contributed by atoms with Crippen molar-refractivity contribution in [3.05, 3.63) is 29.6 Å². The summed E-state index contributed by atoms with van der Waals surface area (Å²) in [6.45, 7) is 3.44. The maximum atomic E-state index is 13.9. The number of guanidine groups is 1. The number of halogens is 3. The van der Waals surface area contributed by atoms with Crippen LogP contribution in [0.2, 0.25) is 0 Å². The number of rotatable bonds is 11. The molecule has 0 spiro atoms. The molecule has 2 N–H and O–H groups in total. The van der Waals surface area contributed by atoms with Gasteiger partial charge in [0.05, 0.1) is 12.1 Å². The summed E-state index contributed by atoms with van der Waals surface area (Å²) >= 11 is 0. The van der Waals surface area contributed by atoms with Crippen LogP contribution in [0.4, 0.5) is 13.2 Å². The zero-order valence-corrected chi connectivity index (χ0v) is 14.7. The van der Waals surface area contributed by atoms with E-state index in [0.717, 1.165) is 12.8 Å². The predicted molar refractivity (Wildman–Crippen MR) is 91.6 cm³/mol. The van der Waals surface area contributed by atoms with Gasteiger partial charge in [-0.2, -0.15) is 8.78 Å². The second-order valence-corrected chi connectivity index (χ2v) is 5.12. The standard InChI is InChI=1S/C17H26F3N3O2/c1-3-21-17(22-10-5-6-11-24-4-2)23-12-13-14(18)8-7-9-15(13)25-16(19)20/h7-9,16H,3-6,10-12H2,1-2H3,(H2,21,22,23). The van der Waals surface area contributed by atoms with Gasteiger partial charge in [0.15, 0.2) is 5.96 Å². The Morgan fingerprint density at radius 1 is 1.20 bits per heavy atom. The first-order valence-electron chi connectivity index (χ1n) is 8.40.